The molecule has 2 N–H and O–H groups in total. The Morgan fingerprint density at radius 2 is 1.58 bits per heavy atom. The molecule has 31 heavy (non-hydrogen) atoms. The zero-order valence-electron chi connectivity index (χ0n) is 17.4. The van der Waals surface area contributed by atoms with Gasteiger partial charge in [0, 0.05) is 24.2 Å². The molecule has 1 aliphatic carbocycles. The molecule has 1 aromatic rings. The van der Waals surface area contributed by atoms with E-state index in [1.54, 1.807) is 4.90 Å². The molecule has 0 spiro atoms. The van der Waals surface area contributed by atoms with Crippen molar-refractivity contribution in [3.8, 4) is 0 Å². The van der Waals surface area contributed by atoms with Crippen molar-refractivity contribution >= 4 is 15.7 Å². The van der Waals surface area contributed by atoms with E-state index in [2.05, 4.69) is 0 Å². The number of carbonyl (C=O) groups is 1. The van der Waals surface area contributed by atoms with Gasteiger partial charge in [-0.1, -0.05) is 12.8 Å². The summed E-state index contributed by atoms with van der Waals surface area (Å²) in [5.41, 5.74) is 6.36. The molecule has 1 amide bonds. The highest BCUT2D eigenvalue weighted by Crippen LogP contribution is 2.40. The van der Waals surface area contributed by atoms with Crippen molar-refractivity contribution in [3.05, 3.63) is 35.1 Å². The lowest BCUT2D eigenvalue weighted by molar-refractivity contribution is -0.133. The fraction of sp³-hybridized carbons (Fsp3) is 0.682. The van der Waals surface area contributed by atoms with Crippen molar-refractivity contribution in [1.29, 1.82) is 0 Å². The summed E-state index contributed by atoms with van der Waals surface area (Å²) in [5, 5.41) is -0.397. The van der Waals surface area contributed by atoms with Gasteiger partial charge in [0.15, 0.2) is 21.5 Å². The van der Waals surface area contributed by atoms with Gasteiger partial charge in [0.2, 0.25) is 5.91 Å². The van der Waals surface area contributed by atoms with Crippen LogP contribution in [-0.4, -0.2) is 48.4 Å². The summed E-state index contributed by atoms with van der Waals surface area (Å²) in [6.07, 6.45) is 5.95. The second-order valence-corrected chi connectivity index (χ2v) is 11.6. The maximum absolute atomic E-state index is 14.0. The molecule has 1 aromatic carbocycles. The molecule has 4 atom stereocenters. The number of amides is 1. The Morgan fingerprint density at radius 1 is 1.00 bits per heavy atom. The Morgan fingerprint density at radius 3 is 2.19 bits per heavy atom. The second kappa shape index (κ2) is 8.73. The first-order chi connectivity index (χ1) is 14.7. The number of hydrogen-bond donors (Lipinski definition) is 1. The molecule has 2 unspecified atom stereocenters. The molecular formula is C22H29F3N2O3S. The average Bonchev–Trinajstić information content (AvgIpc) is 3.33. The molecule has 3 fully saturated rings. The largest absolute Gasteiger partial charge is 0.336 e. The van der Waals surface area contributed by atoms with Gasteiger partial charge in [-0.3, -0.25) is 4.79 Å². The van der Waals surface area contributed by atoms with Gasteiger partial charge in [-0.2, -0.15) is 0 Å². The van der Waals surface area contributed by atoms with Gasteiger partial charge in [-0.05, 0) is 62.5 Å². The summed E-state index contributed by atoms with van der Waals surface area (Å²) in [5.74, 6) is -3.90. The summed E-state index contributed by atoms with van der Waals surface area (Å²) < 4.78 is 65.9. The van der Waals surface area contributed by atoms with Crippen molar-refractivity contribution in [3.63, 3.8) is 0 Å². The second-order valence-electron chi connectivity index (χ2n) is 9.36. The first-order valence-corrected chi connectivity index (χ1v) is 12.8. The van der Waals surface area contributed by atoms with Gasteiger partial charge in [-0.25, -0.2) is 21.6 Å². The first-order valence-electron chi connectivity index (χ1n) is 11.1. The Hall–Kier alpha value is -1.61. The Bertz CT molecular complexity index is 936. The van der Waals surface area contributed by atoms with E-state index in [1.807, 2.05) is 0 Å². The molecule has 2 saturated heterocycles. The monoisotopic (exact) mass is 458 g/mol. The van der Waals surface area contributed by atoms with E-state index < -0.39 is 44.3 Å². The molecule has 5 nitrogen and oxygen atoms in total. The van der Waals surface area contributed by atoms with E-state index in [0.29, 0.717) is 31.7 Å². The topological polar surface area (TPSA) is 80.5 Å². The lowest BCUT2D eigenvalue weighted by atomic mass is 9.82. The third kappa shape index (κ3) is 4.62. The molecule has 0 aromatic heterocycles. The van der Waals surface area contributed by atoms with Crippen molar-refractivity contribution in [2.45, 2.75) is 81.2 Å². The van der Waals surface area contributed by atoms with Crippen LogP contribution < -0.4 is 5.73 Å². The predicted octanol–water partition coefficient (Wildman–Crippen LogP) is 3.10. The van der Waals surface area contributed by atoms with Gasteiger partial charge < -0.3 is 10.6 Å². The van der Waals surface area contributed by atoms with Crippen LogP contribution in [-0.2, 0) is 21.1 Å². The lowest BCUT2D eigenvalue weighted by Crippen LogP contribution is -2.52. The van der Waals surface area contributed by atoms with Crippen molar-refractivity contribution in [1.82, 2.24) is 4.90 Å². The molecule has 2 bridgehead atoms. The van der Waals surface area contributed by atoms with Crippen LogP contribution >= 0.6 is 0 Å². The third-order valence-corrected chi connectivity index (χ3v) is 9.48. The van der Waals surface area contributed by atoms with E-state index >= 15 is 0 Å². The quantitative estimate of drug-likeness (QED) is 0.665. The number of carbonyl (C=O) groups excluding carboxylic acids is 1. The molecule has 4 rings (SSSR count). The molecule has 1 saturated carbocycles. The standard InChI is InChI=1S/C22H29F3N2O3S/c23-18-11-20(25)19(24)9-13(18)10-21(26)14-7-15-5-6-16(8-14)27(15)22(28)12-31(29,30)17-3-1-2-4-17/h9,11,14-17,21H,1-8,10,12,26H2/t14?,15-,16+,21?. The molecule has 3 aliphatic rings. The van der Waals surface area contributed by atoms with E-state index in [0.717, 1.165) is 31.7 Å². The van der Waals surface area contributed by atoms with E-state index in [4.69, 9.17) is 5.73 Å². The minimum Gasteiger partial charge on any atom is -0.336 e. The van der Waals surface area contributed by atoms with Crippen LogP contribution in [0.5, 0.6) is 0 Å². The molecule has 2 heterocycles. The first kappa shape index (κ1) is 22.6. The van der Waals surface area contributed by atoms with Crippen molar-refractivity contribution < 1.29 is 26.4 Å². The summed E-state index contributed by atoms with van der Waals surface area (Å²) >= 11 is 0. The van der Waals surface area contributed by atoms with E-state index in [9.17, 15) is 26.4 Å². The number of hydrogen-bond acceptors (Lipinski definition) is 4. The molecule has 0 radical (unpaired) electrons. The zero-order chi connectivity index (χ0) is 22.3. The predicted molar refractivity (Wildman–Crippen MR) is 110 cm³/mol. The van der Waals surface area contributed by atoms with Gasteiger partial charge in [0.25, 0.3) is 0 Å². The highest BCUT2D eigenvalue weighted by atomic mass is 32.2. The summed E-state index contributed by atoms with van der Waals surface area (Å²) in [4.78, 5) is 14.6. The highest BCUT2D eigenvalue weighted by Gasteiger charge is 2.45. The number of piperidine rings is 1. The minimum atomic E-state index is -3.43. The van der Waals surface area contributed by atoms with Crippen LogP contribution in [0.1, 0.15) is 56.9 Å². The van der Waals surface area contributed by atoms with E-state index in [1.165, 1.54) is 0 Å². The van der Waals surface area contributed by atoms with Crippen molar-refractivity contribution in [2.75, 3.05) is 5.75 Å². The maximum Gasteiger partial charge on any atom is 0.238 e. The molecule has 172 valence electrons. The zero-order valence-corrected chi connectivity index (χ0v) is 18.2. The average molecular weight is 459 g/mol. The Kier molecular flexibility index (Phi) is 6.36. The molecule has 9 heteroatoms. The van der Waals surface area contributed by atoms with E-state index in [-0.39, 0.29) is 35.9 Å². The number of halogens is 3. The highest BCUT2D eigenvalue weighted by molar-refractivity contribution is 7.92. The maximum atomic E-state index is 14.0. The van der Waals surface area contributed by atoms with Crippen LogP contribution in [0.15, 0.2) is 12.1 Å². The fourth-order valence-electron chi connectivity index (χ4n) is 5.73. The van der Waals surface area contributed by atoms with Crippen LogP contribution in [0.25, 0.3) is 0 Å². The summed E-state index contributed by atoms with van der Waals surface area (Å²) in [6.45, 7) is 0. The number of nitrogens with two attached hydrogens (primary N) is 1. The fourth-order valence-corrected chi connectivity index (χ4v) is 7.51. The van der Waals surface area contributed by atoms with Crippen LogP contribution in [0.3, 0.4) is 0 Å². The minimum absolute atomic E-state index is 0.000466. The Balaban J connectivity index is 1.39. The Labute approximate surface area is 181 Å². The number of rotatable bonds is 6. The third-order valence-electron chi connectivity index (χ3n) is 7.34. The van der Waals surface area contributed by atoms with Gasteiger partial charge in [0.05, 0.1) is 5.25 Å². The summed E-state index contributed by atoms with van der Waals surface area (Å²) in [6, 6.07) is 0.785. The normalized spacial score (nSPS) is 27.6. The molecular weight excluding hydrogens is 429 g/mol. The van der Waals surface area contributed by atoms with Gasteiger partial charge >= 0.3 is 0 Å². The summed E-state index contributed by atoms with van der Waals surface area (Å²) in [7, 11) is -3.43. The van der Waals surface area contributed by atoms with Gasteiger partial charge in [0.1, 0.15) is 11.6 Å². The molecule has 2 aliphatic heterocycles. The smallest absolute Gasteiger partial charge is 0.238 e. The van der Waals surface area contributed by atoms with Crippen LogP contribution in [0.2, 0.25) is 0 Å². The van der Waals surface area contributed by atoms with Crippen LogP contribution in [0.4, 0.5) is 13.2 Å². The number of fused-ring (bicyclic) bond motifs is 2. The van der Waals surface area contributed by atoms with Crippen LogP contribution in [0, 0.1) is 23.4 Å². The van der Waals surface area contributed by atoms with Crippen molar-refractivity contribution in [2.24, 2.45) is 11.7 Å². The number of sulfone groups is 1. The SMILES string of the molecule is NC(Cc1cc(F)c(F)cc1F)C1C[C@H]2CC[C@@H](C1)N2C(=O)CS(=O)(=O)C1CCCC1. The number of nitrogens with zero attached hydrogens (tertiary/aromatic N) is 1. The van der Waals surface area contributed by atoms with Gasteiger partial charge in [-0.15, -0.1) is 0 Å². The number of benzene rings is 1. The lowest BCUT2D eigenvalue weighted by Gasteiger charge is -2.41.